The van der Waals surface area contributed by atoms with Crippen LogP contribution in [0.25, 0.3) is 16.7 Å². The average molecular weight is 381 g/mol. The summed E-state index contributed by atoms with van der Waals surface area (Å²) in [5.41, 5.74) is 1.05. The first-order valence-electron chi connectivity index (χ1n) is 9.88. The van der Waals surface area contributed by atoms with E-state index in [1.807, 2.05) is 37.3 Å². The summed E-state index contributed by atoms with van der Waals surface area (Å²) in [6, 6.07) is 9.61. The minimum Gasteiger partial charge on any atom is -0.352 e. The Balaban J connectivity index is 1.68. The maximum Gasteiger partial charge on any atom is 0.264 e. The number of aromatic nitrogens is 4. The van der Waals surface area contributed by atoms with Gasteiger partial charge in [0.15, 0.2) is 5.65 Å². The number of fused-ring (bicyclic) bond motifs is 1. The second-order valence-electron chi connectivity index (χ2n) is 7.12. The molecule has 0 saturated carbocycles. The van der Waals surface area contributed by atoms with E-state index in [0.717, 1.165) is 18.5 Å². The van der Waals surface area contributed by atoms with Gasteiger partial charge in [-0.15, -0.1) is 0 Å². The molecule has 7 nitrogen and oxygen atoms in total. The fraction of sp³-hybridized carbons (Fsp3) is 0.429. The molecule has 3 aromatic rings. The maximum atomic E-state index is 12.7. The van der Waals surface area contributed by atoms with Crippen molar-refractivity contribution in [2.75, 3.05) is 0 Å². The third-order valence-electron chi connectivity index (χ3n) is 4.77. The lowest BCUT2D eigenvalue weighted by Gasteiger charge is -2.14. The molecular weight excluding hydrogens is 354 g/mol. The van der Waals surface area contributed by atoms with Crippen LogP contribution in [0.1, 0.15) is 46.0 Å². The molecule has 7 heteroatoms. The summed E-state index contributed by atoms with van der Waals surface area (Å²) in [6.45, 7) is 4.13. The van der Waals surface area contributed by atoms with Crippen LogP contribution in [-0.2, 0) is 11.3 Å². The van der Waals surface area contributed by atoms with Crippen LogP contribution in [0.4, 0.5) is 0 Å². The predicted molar refractivity (Wildman–Crippen MR) is 109 cm³/mol. The number of hydrogen-bond acceptors (Lipinski definition) is 4. The summed E-state index contributed by atoms with van der Waals surface area (Å²) >= 11 is 0. The molecular formula is C21H27N5O2. The molecule has 2 heterocycles. The van der Waals surface area contributed by atoms with E-state index >= 15 is 0 Å². The van der Waals surface area contributed by atoms with E-state index in [1.165, 1.54) is 36.4 Å². The average Bonchev–Trinajstić information content (AvgIpc) is 3.13. The van der Waals surface area contributed by atoms with Gasteiger partial charge < -0.3 is 5.32 Å². The SMILES string of the molecule is CCCCCC[C@@H](C)NC(=O)Cn1cnc2c(cnn2-c2ccccc2)c1=O. The Labute approximate surface area is 164 Å². The molecule has 0 unspecified atom stereocenters. The van der Waals surface area contributed by atoms with E-state index in [2.05, 4.69) is 22.3 Å². The summed E-state index contributed by atoms with van der Waals surface area (Å²) in [4.78, 5) is 29.4. The summed E-state index contributed by atoms with van der Waals surface area (Å²) in [5, 5.41) is 7.64. The molecule has 1 aromatic carbocycles. The molecule has 0 fully saturated rings. The molecule has 0 spiro atoms. The molecule has 0 bridgehead atoms. The van der Waals surface area contributed by atoms with Gasteiger partial charge in [-0.3, -0.25) is 14.2 Å². The van der Waals surface area contributed by atoms with Crippen LogP contribution in [0.2, 0.25) is 0 Å². The zero-order valence-corrected chi connectivity index (χ0v) is 16.5. The Kier molecular flexibility index (Phi) is 6.57. The molecule has 1 atom stereocenters. The number of nitrogens with zero attached hydrogens (tertiary/aromatic N) is 4. The van der Waals surface area contributed by atoms with Crippen molar-refractivity contribution < 1.29 is 4.79 Å². The van der Waals surface area contributed by atoms with Crippen molar-refractivity contribution in [2.24, 2.45) is 0 Å². The highest BCUT2D eigenvalue weighted by Gasteiger charge is 2.14. The van der Waals surface area contributed by atoms with Crippen LogP contribution < -0.4 is 10.9 Å². The van der Waals surface area contributed by atoms with Gasteiger partial charge in [0.1, 0.15) is 18.3 Å². The second kappa shape index (κ2) is 9.30. The van der Waals surface area contributed by atoms with Crippen molar-refractivity contribution in [3.8, 4) is 5.69 Å². The van der Waals surface area contributed by atoms with E-state index in [-0.39, 0.29) is 24.1 Å². The van der Waals surface area contributed by atoms with E-state index in [0.29, 0.717) is 11.0 Å². The zero-order valence-electron chi connectivity index (χ0n) is 16.5. The second-order valence-corrected chi connectivity index (χ2v) is 7.12. The first-order valence-corrected chi connectivity index (χ1v) is 9.88. The van der Waals surface area contributed by atoms with Crippen molar-refractivity contribution in [1.82, 2.24) is 24.6 Å². The largest absolute Gasteiger partial charge is 0.352 e. The summed E-state index contributed by atoms with van der Waals surface area (Å²) < 4.78 is 2.96. The standard InChI is InChI=1S/C21H27N5O2/c1-3-4-5-7-10-16(2)24-19(27)14-25-15-22-20-18(21(25)28)13-23-26(20)17-11-8-6-9-12-17/h6,8-9,11-13,15-16H,3-5,7,10,14H2,1-2H3,(H,24,27)/t16-/m1/s1. The van der Waals surface area contributed by atoms with Crippen LogP contribution in [0.15, 0.2) is 47.7 Å². The van der Waals surface area contributed by atoms with E-state index < -0.39 is 0 Å². The van der Waals surface area contributed by atoms with E-state index in [4.69, 9.17) is 0 Å². The molecule has 1 amide bonds. The van der Waals surface area contributed by atoms with Crippen LogP contribution in [0.5, 0.6) is 0 Å². The number of hydrogen-bond donors (Lipinski definition) is 1. The fourth-order valence-corrected chi connectivity index (χ4v) is 3.24. The first kappa shape index (κ1) is 19.8. The predicted octanol–water partition coefficient (Wildman–Crippen LogP) is 3.06. The lowest BCUT2D eigenvalue weighted by Crippen LogP contribution is -2.37. The Morgan fingerprint density at radius 3 is 2.71 bits per heavy atom. The number of amides is 1. The number of nitrogens with one attached hydrogen (secondary N) is 1. The topological polar surface area (TPSA) is 81.8 Å². The smallest absolute Gasteiger partial charge is 0.264 e. The molecule has 0 aliphatic carbocycles. The Hall–Kier alpha value is -2.96. The summed E-state index contributed by atoms with van der Waals surface area (Å²) in [6.07, 6.45) is 8.56. The van der Waals surface area contributed by atoms with Gasteiger partial charge in [-0.05, 0) is 25.5 Å². The van der Waals surface area contributed by atoms with E-state index in [1.54, 1.807) is 4.68 Å². The summed E-state index contributed by atoms with van der Waals surface area (Å²) in [7, 11) is 0. The zero-order chi connectivity index (χ0) is 19.9. The molecule has 0 radical (unpaired) electrons. The van der Waals surface area contributed by atoms with Crippen molar-refractivity contribution >= 4 is 16.9 Å². The highest BCUT2D eigenvalue weighted by Crippen LogP contribution is 2.13. The van der Waals surface area contributed by atoms with Gasteiger partial charge in [-0.2, -0.15) is 5.10 Å². The Morgan fingerprint density at radius 1 is 1.18 bits per heavy atom. The van der Waals surface area contributed by atoms with Gasteiger partial charge in [0, 0.05) is 6.04 Å². The molecule has 148 valence electrons. The molecule has 0 saturated heterocycles. The number of rotatable bonds is 9. The lowest BCUT2D eigenvalue weighted by molar-refractivity contribution is -0.122. The first-order chi connectivity index (χ1) is 13.6. The van der Waals surface area contributed by atoms with Crippen LogP contribution in [-0.4, -0.2) is 31.3 Å². The van der Waals surface area contributed by atoms with E-state index in [9.17, 15) is 9.59 Å². The number of unbranched alkanes of at least 4 members (excludes halogenated alkanes) is 3. The molecule has 28 heavy (non-hydrogen) atoms. The minimum absolute atomic E-state index is 0.0441. The Morgan fingerprint density at radius 2 is 1.96 bits per heavy atom. The number of carbonyl (C=O) groups excluding carboxylic acids is 1. The number of para-hydroxylation sites is 1. The van der Waals surface area contributed by atoms with Crippen molar-refractivity contribution in [1.29, 1.82) is 0 Å². The van der Waals surface area contributed by atoms with Gasteiger partial charge in [0.2, 0.25) is 5.91 Å². The normalized spacial score (nSPS) is 12.2. The molecule has 0 aliphatic heterocycles. The maximum absolute atomic E-state index is 12.7. The monoisotopic (exact) mass is 381 g/mol. The fourth-order valence-electron chi connectivity index (χ4n) is 3.24. The van der Waals surface area contributed by atoms with Gasteiger partial charge in [0.25, 0.3) is 5.56 Å². The number of benzene rings is 1. The number of carbonyl (C=O) groups is 1. The van der Waals surface area contributed by atoms with Crippen molar-refractivity contribution in [2.45, 2.75) is 58.5 Å². The summed E-state index contributed by atoms with van der Waals surface area (Å²) in [5.74, 6) is -0.179. The Bertz CT molecular complexity index is 977. The lowest BCUT2D eigenvalue weighted by atomic mass is 10.1. The van der Waals surface area contributed by atoms with Crippen molar-refractivity contribution in [3.05, 3.63) is 53.2 Å². The molecule has 1 N–H and O–H groups in total. The highest BCUT2D eigenvalue weighted by atomic mass is 16.2. The van der Waals surface area contributed by atoms with Crippen LogP contribution in [0, 0.1) is 0 Å². The van der Waals surface area contributed by atoms with Crippen molar-refractivity contribution in [3.63, 3.8) is 0 Å². The van der Waals surface area contributed by atoms with Gasteiger partial charge in [-0.1, -0.05) is 50.8 Å². The molecule has 2 aromatic heterocycles. The minimum atomic E-state index is -0.266. The third kappa shape index (κ3) is 4.65. The van der Waals surface area contributed by atoms with Gasteiger partial charge >= 0.3 is 0 Å². The quantitative estimate of drug-likeness (QED) is 0.578. The van der Waals surface area contributed by atoms with Crippen LogP contribution in [0.3, 0.4) is 0 Å². The van der Waals surface area contributed by atoms with Gasteiger partial charge in [-0.25, -0.2) is 9.67 Å². The van der Waals surface area contributed by atoms with Gasteiger partial charge in [0.05, 0.1) is 11.9 Å². The van der Waals surface area contributed by atoms with Crippen LogP contribution >= 0.6 is 0 Å². The molecule has 3 rings (SSSR count). The highest BCUT2D eigenvalue weighted by molar-refractivity contribution is 5.78. The third-order valence-corrected chi connectivity index (χ3v) is 4.77. The molecule has 0 aliphatic rings.